The van der Waals surface area contributed by atoms with E-state index in [-0.39, 0.29) is 42.7 Å². The summed E-state index contributed by atoms with van der Waals surface area (Å²) >= 11 is 0. The lowest BCUT2D eigenvalue weighted by Crippen LogP contribution is -2.45. The topological polar surface area (TPSA) is 70.2 Å². The molecule has 1 aromatic heterocycles. The summed E-state index contributed by atoms with van der Waals surface area (Å²) in [5.74, 6) is 2.37. The predicted octanol–water partition coefficient (Wildman–Crippen LogP) is 2.25. The summed E-state index contributed by atoms with van der Waals surface area (Å²) in [5.41, 5.74) is 0. The lowest BCUT2D eigenvalue weighted by atomic mass is 9.90. The van der Waals surface area contributed by atoms with Crippen molar-refractivity contribution in [3.8, 4) is 0 Å². The van der Waals surface area contributed by atoms with E-state index in [0.29, 0.717) is 25.0 Å². The fourth-order valence-electron chi connectivity index (χ4n) is 3.73. The summed E-state index contributed by atoms with van der Waals surface area (Å²) in [7, 11) is 0. The standard InChI is InChI=1S/C17H28N4O2.2ClH/c1-12(2)14-9-21(11-16-18-5-6-19-16)10-15(14)20-17(22)13-3-7-23-8-4-13;;/h5-6,12-15H,3-4,7-11H2,1-2H3,(H,18,19)(H,20,22);2*1H/t14-,15+;;/m1../s1. The van der Waals surface area contributed by atoms with Gasteiger partial charge >= 0.3 is 0 Å². The van der Waals surface area contributed by atoms with Crippen LogP contribution in [0, 0.1) is 17.8 Å². The van der Waals surface area contributed by atoms with Gasteiger partial charge in [0.05, 0.1) is 6.54 Å². The summed E-state index contributed by atoms with van der Waals surface area (Å²) in [6.07, 6.45) is 5.34. The van der Waals surface area contributed by atoms with E-state index in [1.54, 1.807) is 6.20 Å². The molecule has 2 N–H and O–H groups in total. The quantitative estimate of drug-likeness (QED) is 0.805. The molecule has 0 aliphatic carbocycles. The highest BCUT2D eigenvalue weighted by atomic mass is 35.5. The van der Waals surface area contributed by atoms with E-state index in [4.69, 9.17) is 4.74 Å². The normalized spacial score (nSPS) is 24.6. The van der Waals surface area contributed by atoms with Crippen LogP contribution in [0.2, 0.25) is 0 Å². The Morgan fingerprint density at radius 1 is 1.36 bits per heavy atom. The average molecular weight is 393 g/mol. The Morgan fingerprint density at radius 2 is 2.08 bits per heavy atom. The zero-order valence-corrected chi connectivity index (χ0v) is 16.6. The van der Waals surface area contributed by atoms with E-state index in [0.717, 1.165) is 38.3 Å². The molecule has 144 valence electrons. The largest absolute Gasteiger partial charge is 0.381 e. The Balaban J connectivity index is 0.00000156. The summed E-state index contributed by atoms with van der Waals surface area (Å²) in [6, 6.07) is 0.236. The van der Waals surface area contributed by atoms with Crippen LogP contribution >= 0.6 is 24.8 Å². The lowest BCUT2D eigenvalue weighted by Gasteiger charge is -2.27. The van der Waals surface area contributed by atoms with E-state index in [2.05, 4.69) is 34.0 Å². The molecule has 2 atom stereocenters. The van der Waals surface area contributed by atoms with Gasteiger partial charge in [0.15, 0.2) is 0 Å². The zero-order chi connectivity index (χ0) is 16.2. The molecule has 0 bridgehead atoms. The number of likely N-dealkylation sites (tertiary alicyclic amines) is 1. The van der Waals surface area contributed by atoms with Crippen molar-refractivity contribution < 1.29 is 9.53 Å². The van der Waals surface area contributed by atoms with Crippen LogP contribution in [-0.4, -0.2) is 53.1 Å². The minimum Gasteiger partial charge on any atom is -0.381 e. The van der Waals surface area contributed by atoms with Gasteiger partial charge in [0.25, 0.3) is 0 Å². The maximum absolute atomic E-state index is 12.5. The van der Waals surface area contributed by atoms with Crippen LogP contribution in [0.4, 0.5) is 0 Å². The average Bonchev–Trinajstić information content (AvgIpc) is 3.18. The second-order valence-electron chi connectivity index (χ2n) is 7.14. The monoisotopic (exact) mass is 392 g/mol. The molecule has 2 aliphatic rings. The van der Waals surface area contributed by atoms with Crippen LogP contribution in [0.5, 0.6) is 0 Å². The summed E-state index contributed by atoms with van der Waals surface area (Å²) < 4.78 is 5.36. The predicted molar refractivity (Wildman–Crippen MR) is 102 cm³/mol. The first kappa shape index (κ1) is 22.2. The molecule has 0 radical (unpaired) electrons. The van der Waals surface area contributed by atoms with E-state index >= 15 is 0 Å². The van der Waals surface area contributed by atoms with Crippen molar-refractivity contribution >= 4 is 30.7 Å². The third kappa shape index (κ3) is 5.84. The molecule has 6 nitrogen and oxygen atoms in total. The van der Waals surface area contributed by atoms with Gasteiger partial charge in [0, 0.05) is 50.7 Å². The van der Waals surface area contributed by atoms with Gasteiger partial charge in [-0.2, -0.15) is 0 Å². The third-order valence-corrected chi connectivity index (χ3v) is 5.15. The Hall–Kier alpha value is -0.820. The molecular weight excluding hydrogens is 363 g/mol. The smallest absolute Gasteiger partial charge is 0.223 e. The third-order valence-electron chi connectivity index (χ3n) is 5.15. The number of aromatic nitrogens is 2. The highest BCUT2D eigenvalue weighted by Gasteiger charge is 2.36. The molecule has 3 rings (SSSR count). The van der Waals surface area contributed by atoms with Crippen LogP contribution < -0.4 is 5.32 Å². The molecule has 2 fully saturated rings. The first-order chi connectivity index (χ1) is 11.1. The van der Waals surface area contributed by atoms with Gasteiger partial charge in [0.1, 0.15) is 5.82 Å². The molecule has 2 saturated heterocycles. The number of nitrogens with one attached hydrogen (secondary N) is 2. The van der Waals surface area contributed by atoms with Gasteiger partial charge in [0.2, 0.25) is 5.91 Å². The number of ether oxygens (including phenoxy) is 1. The summed E-state index contributed by atoms with van der Waals surface area (Å²) in [6.45, 7) is 8.64. The molecule has 0 spiro atoms. The van der Waals surface area contributed by atoms with Crippen molar-refractivity contribution in [2.24, 2.45) is 17.8 Å². The fourth-order valence-corrected chi connectivity index (χ4v) is 3.73. The highest BCUT2D eigenvalue weighted by Crippen LogP contribution is 2.26. The number of halogens is 2. The number of nitrogens with zero attached hydrogens (tertiary/aromatic N) is 2. The molecule has 0 unspecified atom stereocenters. The fraction of sp³-hybridized carbons (Fsp3) is 0.765. The lowest BCUT2D eigenvalue weighted by molar-refractivity contribution is -0.128. The number of imidazole rings is 1. The second kappa shape index (κ2) is 10.4. The number of hydrogen-bond donors (Lipinski definition) is 2. The number of carbonyl (C=O) groups excluding carboxylic acids is 1. The van der Waals surface area contributed by atoms with Crippen molar-refractivity contribution in [2.45, 2.75) is 39.3 Å². The molecule has 1 aromatic rings. The number of hydrogen-bond acceptors (Lipinski definition) is 4. The number of H-pyrrole nitrogens is 1. The zero-order valence-electron chi connectivity index (χ0n) is 14.9. The van der Waals surface area contributed by atoms with Gasteiger partial charge < -0.3 is 15.0 Å². The van der Waals surface area contributed by atoms with Crippen LogP contribution in [0.25, 0.3) is 0 Å². The number of carbonyl (C=O) groups is 1. The van der Waals surface area contributed by atoms with Gasteiger partial charge in [-0.15, -0.1) is 24.8 Å². The van der Waals surface area contributed by atoms with Crippen molar-refractivity contribution in [1.29, 1.82) is 0 Å². The highest BCUT2D eigenvalue weighted by molar-refractivity contribution is 5.85. The van der Waals surface area contributed by atoms with Gasteiger partial charge in [-0.25, -0.2) is 4.98 Å². The minimum absolute atomic E-state index is 0. The van der Waals surface area contributed by atoms with Gasteiger partial charge in [-0.1, -0.05) is 13.8 Å². The van der Waals surface area contributed by atoms with Crippen molar-refractivity contribution in [2.75, 3.05) is 26.3 Å². The van der Waals surface area contributed by atoms with Crippen molar-refractivity contribution in [3.63, 3.8) is 0 Å². The summed E-state index contributed by atoms with van der Waals surface area (Å²) in [4.78, 5) is 22.4. The minimum atomic E-state index is 0. The molecule has 25 heavy (non-hydrogen) atoms. The summed E-state index contributed by atoms with van der Waals surface area (Å²) in [5, 5.41) is 3.32. The number of rotatable bonds is 5. The van der Waals surface area contributed by atoms with Crippen LogP contribution in [-0.2, 0) is 16.1 Å². The first-order valence-corrected chi connectivity index (χ1v) is 8.72. The van der Waals surface area contributed by atoms with Crippen LogP contribution in [0.3, 0.4) is 0 Å². The Labute approximate surface area is 162 Å². The molecule has 1 amide bonds. The van der Waals surface area contributed by atoms with Crippen molar-refractivity contribution in [3.05, 3.63) is 18.2 Å². The Kier molecular flexibility index (Phi) is 9.21. The second-order valence-corrected chi connectivity index (χ2v) is 7.14. The van der Waals surface area contributed by atoms with E-state index in [9.17, 15) is 4.79 Å². The van der Waals surface area contributed by atoms with E-state index < -0.39 is 0 Å². The molecule has 2 aliphatic heterocycles. The Morgan fingerprint density at radius 3 is 2.68 bits per heavy atom. The molecule has 8 heteroatoms. The Bertz CT molecular complexity index is 507. The van der Waals surface area contributed by atoms with Gasteiger partial charge in [-0.3, -0.25) is 9.69 Å². The van der Waals surface area contributed by atoms with E-state index in [1.165, 1.54) is 0 Å². The maximum atomic E-state index is 12.5. The molecule has 0 aromatic carbocycles. The maximum Gasteiger partial charge on any atom is 0.223 e. The molecule has 3 heterocycles. The van der Waals surface area contributed by atoms with Crippen molar-refractivity contribution in [1.82, 2.24) is 20.2 Å². The molecule has 0 saturated carbocycles. The van der Waals surface area contributed by atoms with Crippen LogP contribution in [0.1, 0.15) is 32.5 Å². The molecular formula is C17H30Cl2N4O2. The first-order valence-electron chi connectivity index (χ1n) is 8.72. The van der Waals surface area contributed by atoms with E-state index in [1.807, 2.05) is 6.20 Å². The van der Waals surface area contributed by atoms with Crippen LogP contribution in [0.15, 0.2) is 12.4 Å². The van der Waals surface area contributed by atoms with Gasteiger partial charge in [-0.05, 0) is 24.7 Å². The SMILES string of the molecule is CC(C)[C@H]1CN(Cc2ncc[nH]2)C[C@@H]1NC(=O)C1CCOCC1.Cl.Cl. The number of amides is 1. The number of aromatic amines is 1.